The van der Waals surface area contributed by atoms with Crippen LogP contribution in [0.5, 0.6) is 5.75 Å². The molecule has 2 heterocycles. The van der Waals surface area contributed by atoms with Crippen molar-refractivity contribution in [1.29, 1.82) is 0 Å². The van der Waals surface area contributed by atoms with Crippen molar-refractivity contribution in [3.05, 3.63) is 47.1 Å². The van der Waals surface area contributed by atoms with Crippen LogP contribution in [0.2, 0.25) is 0 Å². The van der Waals surface area contributed by atoms with E-state index >= 15 is 0 Å². The number of aliphatic imine (C=N–C) groups is 1. The fourth-order valence-corrected chi connectivity index (χ4v) is 3.28. The summed E-state index contributed by atoms with van der Waals surface area (Å²) in [4.78, 5) is 8.94. The van der Waals surface area contributed by atoms with Crippen molar-refractivity contribution in [3.63, 3.8) is 0 Å². The van der Waals surface area contributed by atoms with Gasteiger partial charge in [-0.1, -0.05) is 11.2 Å². The number of nitrogens with one attached hydrogen (secondary N) is 1. The quantitative estimate of drug-likeness (QED) is 0.605. The first-order chi connectivity index (χ1) is 13.6. The number of nitrogens with zero attached hydrogens (tertiary/aromatic N) is 4. The standard InChI is InChI=1S/C20H28FN5O2/c1-4-27-19-6-5-16(12-18(19)21)13-23-20(22-3)26-9-7-25(8-10-26)14-17-11-15(2)28-24-17/h5-6,11-12H,4,7-10,13-14H2,1-3H3,(H,22,23). The molecule has 1 aliphatic heterocycles. The van der Waals surface area contributed by atoms with E-state index in [1.54, 1.807) is 13.1 Å². The molecule has 0 unspecified atom stereocenters. The smallest absolute Gasteiger partial charge is 0.194 e. The van der Waals surface area contributed by atoms with Crippen LogP contribution in [0.3, 0.4) is 0 Å². The molecule has 0 saturated carbocycles. The molecule has 1 N–H and O–H groups in total. The largest absolute Gasteiger partial charge is 0.491 e. The number of piperazine rings is 1. The van der Waals surface area contributed by atoms with Gasteiger partial charge in [0.05, 0.1) is 12.3 Å². The third-order valence-corrected chi connectivity index (χ3v) is 4.69. The molecule has 1 fully saturated rings. The molecule has 0 amide bonds. The lowest BCUT2D eigenvalue weighted by molar-refractivity contribution is 0.169. The van der Waals surface area contributed by atoms with E-state index in [1.165, 1.54) is 6.07 Å². The third kappa shape index (κ3) is 5.22. The number of ether oxygens (including phenoxy) is 1. The first-order valence-electron chi connectivity index (χ1n) is 9.60. The summed E-state index contributed by atoms with van der Waals surface area (Å²) in [5.74, 6) is 1.61. The number of rotatable bonds is 6. The average molecular weight is 389 g/mol. The van der Waals surface area contributed by atoms with Crippen LogP contribution in [-0.2, 0) is 13.1 Å². The molecule has 0 radical (unpaired) electrons. The fraction of sp³-hybridized carbons (Fsp3) is 0.500. The molecule has 0 atom stereocenters. The van der Waals surface area contributed by atoms with Crippen LogP contribution >= 0.6 is 0 Å². The van der Waals surface area contributed by atoms with E-state index < -0.39 is 0 Å². The highest BCUT2D eigenvalue weighted by Crippen LogP contribution is 2.18. The molecule has 1 aromatic heterocycles. The number of hydrogen-bond acceptors (Lipinski definition) is 5. The van der Waals surface area contributed by atoms with Crippen LogP contribution in [-0.4, -0.2) is 60.7 Å². The van der Waals surface area contributed by atoms with Gasteiger partial charge < -0.3 is 19.5 Å². The van der Waals surface area contributed by atoms with Crippen molar-refractivity contribution in [2.24, 2.45) is 4.99 Å². The Morgan fingerprint density at radius 2 is 2.07 bits per heavy atom. The predicted molar refractivity (Wildman–Crippen MR) is 106 cm³/mol. The first-order valence-corrected chi connectivity index (χ1v) is 9.60. The van der Waals surface area contributed by atoms with E-state index in [0.717, 1.165) is 55.7 Å². The van der Waals surface area contributed by atoms with Crippen LogP contribution in [0.1, 0.15) is 23.9 Å². The van der Waals surface area contributed by atoms with Gasteiger partial charge in [0, 0.05) is 52.4 Å². The number of guanidine groups is 1. The summed E-state index contributed by atoms with van der Waals surface area (Å²) in [6.07, 6.45) is 0. The molecule has 8 heteroatoms. The molecule has 1 aromatic carbocycles. The highest BCUT2D eigenvalue weighted by Gasteiger charge is 2.20. The number of hydrogen-bond donors (Lipinski definition) is 1. The Morgan fingerprint density at radius 1 is 1.29 bits per heavy atom. The predicted octanol–water partition coefficient (Wildman–Crippen LogP) is 2.41. The van der Waals surface area contributed by atoms with E-state index in [0.29, 0.717) is 13.2 Å². The maximum Gasteiger partial charge on any atom is 0.194 e. The maximum atomic E-state index is 14.0. The van der Waals surface area contributed by atoms with Crippen LogP contribution < -0.4 is 10.1 Å². The van der Waals surface area contributed by atoms with Gasteiger partial charge in [0.2, 0.25) is 0 Å². The van der Waals surface area contributed by atoms with Crippen LogP contribution in [0.4, 0.5) is 4.39 Å². The Balaban J connectivity index is 1.49. The van der Waals surface area contributed by atoms with E-state index in [4.69, 9.17) is 9.26 Å². The Labute approximate surface area is 165 Å². The van der Waals surface area contributed by atoms with Gasteiger partial charge in [-0.05, 0) is 31.5 Å². The summed E-state index contributed by atoms with van der Waals surface area (Å²) in [5.41, 5.74) is 1.81. The van der Waals surface area contributed by atoms with Gasteiger partial charge in [-0.15, -0.1) is 0 Å². The van der Waals surface area contributed by atoms with E-state index in [9.17, 15) is 4.39 Å². The van der Waals surface area contributed by atoms with Crippen molar-refractivity contribution < 1.29 is 13.7 Å². The number of benzene rings is 1. The van der Waals surface area contributed by atoms with E-state index in [2.05, 4.69) is 25.3 Å². The Hall–Kier alpha value is -2.61. The van der Waals surface area contributed by atoms with Crippen molar-refractivity contribution in [2.45, 2.75) is 26.9 Å². The van der Waals surface area contributed by atoms with Gasteiger partial charge in [0.25, 0.3) is 0 Å². The number of aromatic nitrogens is 1. The van der Waals surface area contributed by atoms with Crippen LogP contribution in [0.15, 0.2) is 33.8 Å². The molecule has 7 nitrogen and oxygen atoms in total. The summed E-state index contributed by atoms with van der Waals surface area (Å²) in [5, 5.41) is 7.39. The molecule has 0 aliphatic carbocycles. The lowest BCUT2D eigenvalue weighted by Gasteiger charge is -2.36. The minimum absolute atomic E-state index is 0.286. The summed E-state index contributed by atoms with van der Waals surface area (Å²) in [6.45, 7) is 9.07. The Bertz CT molecular complexity index is 800. The summed E-state index contributed by atoms with van der Waals surface area (Å²) >= 11 is 0. The van der Waals surface area contributed by atoms with Gasteiger partial charge in [0.15, 0.2) is 17.5 Å². The van der Waals surface area contributed by atoms with Gasteiger partial charge >= 0.3 is 0 Å². The Morgan fingerprint density at radius 3 is 2.68 bits per heavy atom. The highest BCUT2D eigenvalue weighted by atomic mass is 19.1. The molecule has 2 aromatic rings. The lowest BCUT2D eigenvalue weighted by atomic mass is 10.2. The molecule has 152 valence electrons. The zero-order chi connectivity index (χ0) is 19.9. The molecule has 28 heavy (non-hydrogen) atoms. The Kier molecular flexibility index (Phi) is 6.86. The lowest BCUT2D eigenvalue weighted by Crippen LogP contribution is -2.52. The normalized spacial score (nSPS) is 15.7. The van der Waals surface area contributed by atoms with Crippen molar-refractivity contribution >= 4 is 5.96 Å². The zero-order valence-electron chi connectivity index (χ0n) is 16.7. The van der Waals surface area contributed by atoms with Crippen LogP contribution in [0, 0.1) is 12.7 Å². The van der Waals surface area contributed by atoms with Crippen LogP contribution in [0.25, 0.3) is 0 Å². The van der Waals surface area contributed by atoms with Gasteiger partial charge in [-0.2, -0.15) is 0 Å². The molecular weight excluding hydrogens is 361 g/mol. The van der Waals surface area contributed by atoms with E-state index in [-0.39, 0.29) is 11.6 Å². The second-order valence-corrected chi connectivity index (χ2v) is 6.79. The van der Waals surface area contributed by atoms with Gasteiger partial charge in [-0.3, -0.25) is 9.89 Å². The molecule has 0 spiro atoms. The topological polar surface area (TPSA) is 66.1 Å². The number of halogens is 1. The number of aryl methyl sites for hydroxylation is 1. The second kappa shape index (κ2) is 9.54. The van der Waals surface area contributed by atoms with Crippen molar-refractivity contribution in [1.82, 2.24) is 20.3 Å². The SMILES string of the molecule is CCOc1ccc(CNC(=NC)N2CCN(Cc3cc(C)on3)CC2)cc1F. The maximum absolute atomic E-state index is 14.0. The second-order valence-electron chi connectivity index (χ2n) is 6.79. The molecule has 1 aliphatic rings. The third-order valence-electron chi connectivity index (χ3n) is 4.69. The average Bonchev–Trinajstić information content (AvgIpc) is 3.10. The van der Waals surface area contributed by atoms with Gasteiger partial charge in [0.1, 0.15) is 5.76 Å². The molecule has 1 saturated heterocycles. The van der Waals surface area contributed by atoms with Gasteiger partial charge in [-0.25, -0.2) is 4.39 Å². The minimum Gasteiger partial charge on any atom is -0.491 e. The zero-order valence-corrected chi connectivity index (χ0v) is 16.7. The molecule has 0 bridgehead atoms. The van der Waals surface area contributed by atoms with Crippen molar-refractivity contribution in [3.8, 4) is 5.75 Å². The highest BCUT2D eigenvalue weighted by molar-refractivity contribution is 5.80. The fourth-order valence-electron chi connectivity index (χ4n) is 3.28. The summed E-state index contributed by atoms with van der Waals surface area (Å²) in [7, 11) is 1.77. The molecular formula is C20H28FN5O2. The van der Waals surface area contributed by atoms with E-state index in [1.807, 2.05) is 26.0 Å². The monoisotopic (exact) mass is 389 g/mol. The van der Waals surface area contributed by atoms with Crippen molar-refractivity contribution in [2.75, 3.05) is 39.8 Å². The molecule has 3 rings (SSSR count). The minimum atomic E-state index is -0.340. The first kappa shape index (κ1) is 20.1. The summed E-state index contributed by atoms with van der Waals surface area (Å²) in [6, 6.07) is 7.01. The summed E-state index contributed by atoms with van der Waals surface area (Å²) < 4.78 is 24.4.